The first-order valence-electron chi connectivity index (χ1n) is 6.21. The first-order chi connectivity index (χ1) is 9.01. The van der Waals surface area contributed by atoms with Crippen molar-refractivity contribution in [3.8, 4) is 11.8 Å². The summed E-state index contributed by atoms with van der Waals surface area (Å²) in [7, 11) is 0. The zero-order valence-corrected chi connectivity index (χ0v) is 11.4. The summed E-state index contributed by atoms with van der Waals surface area (Å²) in [4.78, 5) is 13.8. The van der Waals surface area contributed by atoms with E-state index in [1.165, 1.54) is 18.2 Å². The van der Waals surface area contributed by atoms with Gasteiger partial charge in [-0.1, -0.05) is 11.8 Å². The molecular formula is C15H18FNO2. The van der Waals surface area contributed by atoms with E-state index in [2.05, 4.69) is 11.8 Å². The summed E-state index contributed by atoms with van der Waals surface area (Å²) in [6.07, 6.45) is 0. The van der Waals surface area contributed by atoms with E-state index < -0.39 is 5.82 Å². The average molecular weight is 263 g/mol. The quantitative estimate of drug-likeness (QED) is 0.848. The van der Waals surface area contributed by atoms with Gasteiger partial charge in [0.15, 0.2) is 0 Å². The highest BCUT2D eigenvalue weighted by Gasteiger charge is 2.20. The van der Waals surface area contributed by atoms with E-state index in [1.807, 2.05) is 20.8 Å². The number of benzene rings is 1. The minimum atomic E-state index is -0.557. The number of halogens is 1. The highest BCUT2D eigenvalue weighted by molar-refractivity contribution is 5.95. The zero-order valence-electron chi connectivity index (χ0n) is 11.4. The number of hydrogen-bond donors (Lipinski definition) is 1. The van der Waals surface area contributed by atoms with Crippen LogP contribution in [-0.4, -0.2) is 35.1 Å². The fourth-order valence-corrected chi connectivity index (χ4v) is 1.81. The van der Waals surface area contributed by atoms with Crippen LogP contribution in [0.3, 0.4) is 0 Å². The van der Waals surface area contributed by atoms with Gasteiger partial charge in [-0.25, -0.2) is 4.39 Å². The van der Waals surface area contributed by atoms with Crippen LogP contribution in [0.2, 0.25) is 0 Å². The largest absolute Gasteiger partial charge is 0.384 e. The molecule has 0 bridgehead atoms. The molecule has 0 aromatic heterocycles. The molecule has 1 aromatic carbocycles. The van der Waals surface area contributed by atoms with Crippen molar-refractivity contribution in [2.75, 3.05) is 13.2 Å². The van der Waals surface area contributed by atoms with Crippen molar-refractivity contribution >= 4 is 5.91 Å². The number of carbonyl (C=O) groups is 1. The van der Waals surface area contributed by atoms with Crippen molar-refractivity contribution in [2.45, 2.75) is 26.8 Å². The monoisotopic (exact) mass is 263 g/mol. The van der Waals surface area contributed by atoms with E-state index in [0.29, 0.717) is 12.1 Å². The van der Waals surface area contributed by atoms with Gasteiger partial charge in [0, 0.05) is 18.2 Å². The van der Waals surface area contributed by atoms with Crippen molar-refractivity contribution in [2.24, 2.45) is 0 Å². The van der Waals surface area contributed by atoms with Gasteiger partial charge in [0.25, 0.3) is 5.91 Å². The second-order valence-corrected chi connectivity index (χ2v) is 4.34. The molecule has 0 atom stereocenters. The molecule has 1 aromatic rings. The van der Waals surface area contributed by atoms with Gasteiger partial charge in [-0.15, -0.1) is 0 Å². The number of hydrogen-bond acceptors (Lipinski definition) is 2. The Labute approximate surface area is 113 Å². The van der Waals surface area contributed by atoms with Gasteiger partial charge in [0.2, 0.25) is 0 Å². The van der Waals surface area contributed by atoms with E-state index in [4.69, 9.17) is 5.11 Å². The van der Waals surface area contributed by atoms with Crippen LogP contribution < -0.4 is 0 Å². The lowest BCUT2D eigenvalue weighted by molar-refractivity contribution is 0.0712. The van der Waals surface area contributed by atoms with Gasteiger partial charge < -0.3 is 10.0 Å². The lowest BCUT2D eigenvalue weighted by Crippen LogP contribution is -2.37. The molecule has 0 saturated heterocycles. The van der Waals surface area contributed by atoms with Crippen molar-refractivity contribution in [3.63, 3.8) is 0 Å². The van der Waals surface area contributed by atoms with E-state index in [-0.39, 0.29) is 24.1 Å². The Morgan fingerprint density at radius 2 is 2.16 bits per heavy atom. The molecule has 0 aliphatic carbocycles. The normalized spacial score (nSPS) is 10.0. The van der Waals surface area contributed by atoms with Gasteiger partial charge in [-0.2, -0.15) is 0 Å². The van der Waals surface area contributed by atoms with Crippen molar-refractivity contribution in [1.82, 2.24) is 4.90 Å². The Morgan fingerprint density at radius 1 is 1.47 bits per heavy atom. The van der Waals surface area contributed by atoms with Crippen LogP contribution in [0.5, 0.6) is 0 Å². The molecule has 3 nitrogen and oxygen atoms in total. The topological polar surface area (TPSA) is 40.5 Å². The molecule has 1 amide bonds. The summed E-state index contributed by atoms with van der Waals surface area (Å²) in [5.74, 6) is 4.24. The minimum Gasteiger partial charge on any atom is -0.384 e. The third-order valence-corrected chi connectivity index (χ3v) is 2.73. The van der Waals surface area contributed by atoms with E-state index in [9.17, 15) is 9.18 Å². The van der Waals surface area contributed by atoms with Crippen LogP contribution in [0.15, 0.2) is 18.2 Å². The predicted octanol–water partition coefficient (Wildman–Crippen LogP) is 2.04. The first kappa shape index (κ1) is 15.2. The van der Waals surface area contributed by atoms with Crippen molar-refractivity contribution < 1.29 is 14.3 Å². The van der Waals surface area contributed by atoms with Crippen LogP contribution in [-0.2, 0) is 0 Å². The minimum absolute atomic E-state index is 0.00378. The van der Waals surface area contributed by atoms with Gasteiger partial charge in [-0.05, 0) is 39.0 Å². The third kappa shape index (κ3) is 3.80. The standard InChI is InChI=1S/C15H18FNO2/c1-4-17(11(2)3)15(19)13-10-12(6-5-9-18)7-8-14(13)16/h7-8,10-11,18H,4,9H2,1-3H3. The highest BCUT2D eigenvalue weighted by atomic mass is 19.1. The summed E-state index contributed by atoms with van der Waals surface area (Å²) in [5.41, 5.74) is 0.527. The van der Waals surface area contributed by atoms with Gasteiger partial charge >= 0.3 is 0 Å². The highest BCUT2D eigenvalue weighted by Crippen LogP contribution is 2.14. The number of nitrogens with zero attached hydrogens (tertiary/aromatic N) is 1. The Balaban J connectivity index is 3.14. The molecule has 1 N–H and O–H groups in total. The number of aliphatic hydroxyl groups excluding tert-OH is 1. The third-order valence-electron chi connectivity index (χ3n) is 2.73. The van der Waals surface area contributed by atoms with Crippen LogP contribution in [0.1, 0.15) is 36.7 Å². The average Bonchev–Trinajstić information content (AvgIpc) is 2.38. The number of rotatable bonds is 3. The molecule has 4 heteroatoms. The first-order valence-corrected chi connectivity index (χ1v) is 6.21. The Hall–Kier alpha value is -1.86. The molecule has 0 saturated carbocycles. The summed E-state index contributed by atoms with van der Waals surface area (Å²) >= 11 is 0. The number of aliphatic hydroxyl groups is 1. The van der Waals surface area contributed by atoms with Gasteiger partial charge in [-0.3, -0.25) is 4.79 Å². The molecule has 0 aliphatic rings. The molecule has 0 heterocycles. The summed E-state index contributed by atoms with van der Waals surface area (Å²) in [6, 6.07) is 4.14. The fourth-order valence-electron chi connectivity index (χ4n) is 1.81. The fraction of sp³-hybridized carbons (Fsp3) is 0.400. The van der Waals surface area contributed by atoms with Crippen LogP contribution >= 0.6 is 0 Å². The van der Waals surface area contributed by atoms with Crippen LogP contribution in [0.25, 0.3) is 0 Å². The van der Waals surface area contributed by atoms with Gasteiger partial charge in [0.05, 0.1) is 5.56 Å². The van der Waals surface area contributed by atoms with Crippen molar-refractivity contribution in [3.05, 3.63) is 35.1 Å². The molecule has 1 rings (SSSR count). The second-order valence-electron chi connectivity index (χ2n) is 4.34. The Bertz CT molecular complexity index is 515. The molecule has 0 aliphatic heterocycles. The Kier molecular flexibility index (Phi) is 5.53. The molecular weight excluding hydrogens is 245 g/mol. The lowest BCUT2D eigenvalue weighted by Gasteiger charge is -2.25. The summed E-state index contributed by atoms with van der Waals surface area (Å²) < 4.78 is 13.8. The summed E-state index contributed by atoms with van der Waals surface area (Å²) in [5, 5.41) is 8.64. The predicted molar refractivity (Wildman–Crippen MR) is 72.2 cm³/mol. The maximum Gasteiger partial charge on any atom is 0.257 e. The van der Waals surface area contributed by atoms with E-state index in [1.54, 1.807) is 4.90 Å². The van der Waals surface area contributed by atoms with Crippen LogP contribution in [0, 0.1) is 17.7 Å². The molecule has 0 spiro atoms. The molecule has 102 valence electrons. The molecule has 0 fully saturated rings. The smallest absolute Gasteiger partial charge is 0.257 e. The second kappa shape index (κ2) is 6.91. The molecule has 0 radical (unpaired) electrons. The maximum absolute atomic E-state index is 13.8. The number of amides is 1. The van der Waals surface area contributed by atoms with E-state index in [0.717, 1.165) is 0 Å². The van der Waals surface area contributed by atoms with Gasteiger partial charge in [0.1, 0.15) is 12.4 Å². The number of carbonyl (C=O) groups excluding carboxylic acids is 1. The van der Waals surface area contributed by atoms with Crippen LogP contribution in [0.4, 0.5) is 4.39 Å². The molecule has 19 heavy (non-hydrogen) atoms. The SMILES string of the molecule is CCN(C(=O)c1cc(C#CCO)ccc1F)C(C)C. The zero-order chi connectivity index (χ0) is 14.4. The summed E-state index contributed by atoms with van der Waals surface area (Å²) in [6.45, 7) is 5.87. The van der Waals surface area contributed by atoms with Crippen molar-refractivity contribution in [1.29, 1.82) is 0 Å². The van der Waals surface area contributed by atoms with E-state index >= 15 is 0 Å². The molecule has 0 unspecified atom stereocenters. The lowest BCUT2D eigenvalue weighted by atomic mass is 10.1. The maximum atomic E-state index is 13.8. The Morgan fingerprint density at radius 3 is 2.68 bits per heavy atom.